The van der Waals surface area contributed by atoms with Crippen molar-refractivity contribution in [3.05, 3.63) is 72.9 Å². The summed E-state index contributed by atoms with van der Waals surface area (Å²) in [6.45, 7) is 4.18. The summed E-state index contributed by atoms with van der Waals surface area (Å²) in [6.07, 6.45) is 17.7. The lowest BCUT2D eigenvalue weighted by atomic mass is 10.3. The number of carbonyl (C=O) groups is 2. The van der Waals surface area contributed by atoms with Crippen LogP contribution in [-0.2, 0) is 9.59 Å². The van der Waals surface area contributed by atoms with Crippen molar-refractivity contribution < 1.29 is 19.1 Å². The molecule has 0 spiro atoms. The Labute approximate surface area is 155 Å². The standard InChI is InChI=1S/C22H26O4/c1-3-5-7-9-11-13-21(23)25-19-15-17-20(18-16-19)26-22(24)14-12-10-8-6-4-2/h7-18H,3-6H2,1-2H3/b9-7+,10-8+,13-11+,14-12+. The molecule has 1 rings (SSSR count). The van der Waals surface area contributed by atoms with Gasteiger partial charge >= 0.3 is 11.9 Å². The smallest absolute Gasteiger partial charge is 0.336 e. The summed E-state index contributed by atoms with van der Waals surface area (Å²) >= 11 is 0. The number of unbranched alkanes of at least 4 members (excludes halogenated alkanes) is 2. The average Bonchev–Trinajstić information content (AvgIpc) is 2.63. The lowest BCUT2D eigenvalue weighted by Crippen LogP contribution is -2.05. The Morgan fingerprint density at radius 2 is 1.12 bits per heavy atom. The molecular formula is C22H26O4. The quantitative estimate of drug-likeness (QED) is 0.247. The van der Waals surface area contributed by atoms with Gasteiger partial charge in [-0.3, -0.25) is 0 Å². The van der Waals surface area contributed by atoms with Gasteiger partial charge in [-0.15, -0.1) is 0 Å². The van der Waals surface area contributed by atoms with Gasteiger partial charge in [0.15, 0.2) is 0 Å². The summed E-state index contributed by atoms with van der Waals surface area (Å²) < 4.78 is 10.3. The fraction of sp³-hybridized carbons (Fsp3) is 0.273. The topological polar surface area (TPSA) is 52.6 Å². The van der Waals surface area contributed by atoms with E-state index in [1.165, 1.54) is 12.2 Å². The van der Waals surface area contributed by atoms with Crippen molar-refractivity contribution >= 4 is 11.9 Å². The Kier molecular flexibility index (Phi) is 10.9. The van der Waals surface area contributed by atoms with E-state index in [0.29, 0.717) is 11.5 Å². The van der Waals surface area contributed by atoms with Crippen LogP contribution in [0.3, 0.4) is 0 Å². The minimum Gasteiger partial charge on any atom is -0.423 e. The number of benzene rings is 1. The highest BCUT2D eigenvalue weighted by Gasteiger charge is 2.03. The molecule has 0 heterocycles. The van der Waals surface area contributed by atoms with Gasteiger partial charge in [-0.05, 0) is 37.1 Å². The van der Waals surface area contributed by atoms with Crippen molar-refractivity contribution in [2.24, 2.45) is 0 Å². The molecule has 0 fully saturated rings. The summed E-state index contributed by atoms with van der Waals surface area (Å²) in [7, 11) is 0. The average molecular weight is 354 g/mol. The third-order valence-electron chi connectivity index (χ3n) is 3.13. The monoisotopic (exact) mass is 354 g/mol. The number of ether oxygens (including phenoxy) is 2. The lowest BCUT2D eigenvalue weighted by Gasteiger charge is -2.03. The van der Waals surface area contributed by atoms with Crippen LogP contribution < -0.4 is 9.47 Å². The van der Waals surface area contributed by atoms with Gasteiger partial charge < -0.3 is 9.47 Å². The van der Waals surface area contributed by atoms with Crippen molar-refractivity contribution in [3.63, 3.8) is 0 Å². The van der Waals surface area contributed by atoms with E-state index in [9.17, 15) is 9.59 Å². The minimum absolute atomic E-state index is 0.384. The molecule has 1 aromatic rings. The van der Waals surface area contributed by atoms with Crippen LogP contribution in [0.2, 0.25) is 0 Å². The van der Waals surface area contributed by atoms with Gasteiger partial charge in [0.25, 0.3) is 0 Å². The molecule has 0 radical (unpaired) electrons. The van der Waals surface area contributed by atoms with Gasteiger partial charge in [-0.25, -0.2) is 9.59 Å². The van der Waals surface area contributed by atoms with Gasteiger partial charge in [0.2, 0.25) is 0 Å². The SMILES string of the molecule is CCC/C=C/C=C/C(=O)Oc1ccc(OC(=O)/C=C/C=C/CCC)cc1. The van der Waals surface area contributed by atoms with Gasteiger partial charge in [0.1, 0.15) is 11.5 Å². The van der Waals surface area contributed by atoms with E-state index in [0.717, 1.165) is 25.7 Å². The zero-order valence-corrected chi connectivity index (χ0v) is 15.4. The lowest BCUT2D eigenvalue weighted by molar-refractivity contribution is -0.130. The van der Waals surface area contributed by atoms with Crippen LogP contribution in [-0.4, -0.2) is 11.9 Å². The van der Waals surface area contributed by atoms with Crippen LogP contribution in [0.1, 0.15) is 39.5 Å². The van der Waals surface area contributed by atoms with E-state index in [-0.39, 0.29) is 0 Å². The number of hydrogen-bond donors (Lipinski definition) is 0. The molecule has 0 bridgehead atoms. The molecule has 0 unspecified atom stereocenters. The van der Waals surface area contributed by atoms with E-state index < -0.39 is 11.9 Å². The largest absolute Gasteiger partial charge is 0.423 e. The highest BCUT2D eigenvalue weighted by Crippen LogP contribution is 2.18. The zero-order valence-electron chi connectivity index (χ0n) is 15.4. The van der Waals surface area contributed by atoms with Crippen molar-refractivity contribution in [2.45, 2.75) is 39.5 Å². The summed E-state index contributed by atoms with van der Waals surface area (Å²) in [5.74, 6) is -0.152. The number of carbonyl (C=O) groups excluding carboxylic acids is 2. The Balaban J connectivity index is 2.45. The van der Waals surface area contributed by atoms with Gasteiger partial charge in [-0.2, -0.15) is 0 Å². The molecule has 4 heteroatoms. The molecule has 4 nitrogen and oxygen atoms in total. The molecule has 0 aliphatic heterocycles. The molecule has 0 aliphatic carbocycles. The van der Waals surface area contributed by atoms with Gasteiger partial charge in [0, 0.05) is 12.2 Å². The van der Waals surface area contributed by atoms with Crippen molar-refractivity contribution in [3.8, 4) is 11.5 Å². The second-order valence-electron chi connectivity index (χ2n) is 5.47. The predicted octanol–water partition coefficient (Wildman–Crippen LogP) is 5.32. The molecule has 0 atom stereocenters. The number of hydrogen-bond acceptors (Lipinski definition) is 4. The molecule has 0 aliphatic rings. The Morgan fingerprint density at radius 1 is 0.731 bits per heavy atom. The Hall–Kier alpha value is -2.88. The first kappa shape index (κ1) is 21.2. The summed E-state index contributed by atoms with van der Waals surface area (Å²) in [4.78, 5) is 23.3. The van der Waals surface area contributed by atoms with Crippen LogP contribution in [0.5, 0.6) is 11.5 Å². The molecule has 138 valence electrons. The van der Waals surface area contributed by atoms with Crippen LogP contribution >= 0.6 is 0 Å². The van der Waals surface area contributed by atoms with E-state index >= 15 is 0 Å². The van der Waals surface area contributed by atoms with E-state index in [1.54, 1.807) is 36.4 Å². The van der Waals surface area contributed by atoms with E-state index in [2.05, 4.69) is 13.8 Å². The maximum atomic E-state index is 11.7. The van der Waals surface area contributed by atoms with Gasteiger partial charge in [-0.1, -0.05) is 63.1 Å². The number of esters is 2. The normalized spacial score (nSPS) is 11.8. The van der Waals surface area contributed by atoms with E-state index in [4.69, 9.17) is 9.47 Å². The van der Waals surface area contributed by atoms with Crippen molar-refractivity contribution in [1.29, 1.82) is 0 Å². The fourth-order valence-corrected chi connectivity index (χ4v) is 1.83. The maximum absolute atomic E-state index is 11.7. The highest BCUT2D eigenvalue weighted by atomic mass is 16.5. The Bertz CT molecular complexity index is 605. The van der Waals surface area contributed by atoms with Crippen LogP contribution in [0, 0.1) is 0 Å². The van der Waals surface area contributed by atoms with Crippen LogP contribution in [0.15, 0.2) is 72.9 Å². The fourth-order valence-electron chi connectivity index (χ4n) is 1.83. The van der Waals surface area contributed by atoms with Crippen LogP contribution in [0.25, 0.3) is 0 Å². The Morgan fingerprint density at radius 3 is 1.46 bits per heavy atom. The minimum atomic E-state index is -0.460. The first-order valence-electron chi connectivity index (χ1n) is 8.85. The first-order valence-corrected chi connectivity index (χ1v) is 8.85. The van der Waals surface area contributed by atoms with Crippen molar-refractivity contribution in [2.75, 3.05) is 0 Å². The molecule has 0 amide bonds. The molecule has 0 saturated heterocycles. The van der Waals surface area contributed by atoms with Crippen LogP contribution in [0.4, 0.5) is 0 Å². The molecule has 26 heavy (non-hydrogen) atoms. The summed E-state index contributed by atoms with van der Waals surface area (Å²) in [5.41, 5.74) is 0. The third kappa shape index (κ3) is 10.1. The highest BCUT2D eigenvalue weighted by molar-refractivity contribution is 5.85. The molecule has 1 aromatic carbocycles. The predicted molar refractivity (Wildman–Crippen MR) is 104 cm³/mol. The molecule has 0 saturated carbocycles. The first-order chi connectivity index (χ1) is 12.7. The number of rotatable bonds is 10. The summed E-state index contributed by atoms with van der Waals surface area (Å²) in [5, 5.41) is 0. The zero-order chi connectivity index (χ0) is 19.0. The number of allylic oxidation sites excluding steroid dienone is 6. The summed E-state index contributed by atoms with van der Waals surface area (Å²) in [6, 6.07) is 6.30. The van der Waals surface area contributed by atoms with Crippen molar-refractivity contribution in [1.82, 2.24) is 0 Å². The molecule has 0 aromatic heterocycles. The third-order valence-corrected chi connectivity index (χ3v) is 3.13. The second kappa shape index (κ2) is 13.4. The molecular weight excluding hydrogens is 328 g/mol. The van der Waals surface area contributed by atoms with E-state index in [1.807, 2.05) is 24.3 Å². The molecule has 0 N–H and O–H groups in total. The maximum Gasteiger partial charge on any atom is 0.336 e. The van der Waals surface area contributed by atoms with Gasteiger partial charge in [0.05, 0.1) is 0 Å². The second-order valence-corrected chi connectivity index (χ2v) is 5.47.